The van der Waals surface area contributed by atoms with E-state index in [4.69, 9.17) is 4.74 Å². The Hall–Kier alpha value is -4.80. The molecule has 11 nitrogen and oxygen atoms in total. The molecule has 1 saturated heterocycles. The Bertz CT molecular complexity index is 1660. The number of hydrogen-bond donors (Lipinski definition) is 2. The van der Waals surface area contributed by atoms with Crippen LogP contribution < -0.4 is 15.4 Å². The molecule has 4 amide bonds. The maximum atomic E-state index is 13.3. The van der Waals surface area contributed by atoms with Crippen LogP contribution in [0.25, 0.3) is 22.4 Å². The lowest BCUT2D eigenvalue weighted by Crippen LogP contribution is -2.52. The van der Waals surface area contributed by atoms with Gasteiger partial charge >= 0.3 is 6.03 Å². The van der Waals surface area contributed by atoms with E-state index in [-0.39, 0.29) is 12.5 Å². The first-order valence-electron chi connectivity index (χ1n) is 12.8. The van der Waals surface area contributed by atoms with Crippen molar-refractivity contribution in [2.45, 2.75) is 31.5 Å². The minimum atomic E-state index is -1.44. The number of carbonyl (C=O) groups excluding carboxylic acids is 3. The van der Waals surface area contributed by atoms with E-state index >= 15 is 0 Å². The number of imide groups is 1. The molecule has 0 spiro atoms. The van der Waals surface area contributed by atoms with Crippen molar-refractivity contribution in [2.75, 3.05) is 13.7 Å². The Morgan fingerprint density at radius 1 is 1.05 bits per heavy atom. The number of nitrogens with zero attached hydrogens (tertiary/aromatic N) is 5. The van der Waals surface area contributed by atoms with E-state index in [0.717, 1.165) is 23.3 Å². The van der Waals surface area contributed by atoms with E-state index in [1.807, 2.05) is 24.5 Å². The van der Waals surface area contributed by atoms with Gasteiger partial charge in [-0.1, -0.05) is 30.3 Å². The van der Waals surface area contributed by atoms with Crippen molar-refractivity contribution in [3.05, 3.63) is 71.8 Å². The lowest BCUT2D eigenvalue weighted by Gasteiger charge is -2.31. The van der Waals surface area contributed by atoms with Gasteiger partial charge in [-0.3, -0.25) is 14.9 Å². The average molecular weight is 524 g/mol. The molecule has 2 fully saturated rings. The van der Waals surface area contributed by atoms with Crippen molar-refractivity contribution in [1.29, 1.82) is 0 Å². The molecule has 0 unspecified atom stereocenters. The molecule has 3 aliphatic rings. The van der Waals surface area contributed by atoms with Crippen LogP contribution in [0, 0.1) is 5.92 Å². The normalized spacial score (nSPS) is 20.3. The van der Waals surface area contributed by atoms with Crippen LogP contribution in [0.15, 0.2) is 55.1 Å². The summed E-state index contributed by atoms with van der Waals surface area (Å²) < 4.78 is 7.34. The molecule has 0 bridgehead atoms. The number of urea groups is 1. The summed E-state index contributed by atoms with van der Waals surface area (Å²) in [5.74, 6) is 0.530. The highest BCUT2D eigenvalue weighted by Gasteiger charge is 2.50. The first kappa shape index (κ1) is 23.3. The molecule has 4 heterocycles. The number of carbonyl (C=O) groups is 3. The van der Waals surface area contributed by atoms with Gasteiger partial charge in [0.1, 0.15) is 23.3 Å². The fourth-order valence-corrected chi connectivity index (χ4v) is 5.50. The smallest absolute Gasteiger partial charge is 0.322 e. The van der Waals surface area contributed by atoms with Crippen molar-refractivity contribution in [3.63, 3.8) is 0 Å². The lowest BCUT2D eigenvalue weighted by atomic mass is 9.88. The number of ether oxygens (including phenoxy) is 1. The third kappa shape index (κ3) is 3.80. The second kappa shape index (κ2) is 8.62. The lowest BCUT2D eigenvalue weighted by molar-refractivity contribution is -0.124. The van der Waals surface area contributed by atoms with Gasteiger partial charge in [0.25, 0.3) is 11.8 Å². The van der Waals surface area contributed by atoms with Gasteiger partial charge in [0.2, 0.25) is 0 Å². The number of hydrogen-bond acceptors (Lipinski definition) is 7. The standard InChI is InChI=1S/C28H25N7O4/c1-39-20-9-6-18-12-34(25(36)21(18)10-20)13-28(26(37)32-27(38)33-28)19-7-4-17(5-8-19)22-23-24(30-14-29-22)35(15-31-23)11-16-2-3-16/h4-10,14-16H,2-3,11-13H2,1H3,(H2,32,33,37,38)/t28-/m0/s1. The molecule has 2 aromatic heterocycles. The minimum absolute atomic E-state index is 0.0247. The van der Waals surface area contributed by atoms with Gasteiger partial charge in [-0.15, -0.1) is 0 Å². The predicted molar refractivity (Wildman–Crippen MR) is 140 cm³/mol. The van der Waals surface area contributed by atoms with Gasteiger partial charge < -0.3 is 19.5 Å². The number of aromatic nitrogens is 4. The Balaban J connectivity index is 1.21. The summed E-state index contributed by atoms with van der Waals surface area (Å²) >= 11 is 0. The molecular formula is C28H25N7O4. The Kier molecular flexibility index (Phi) is 5.15. The zero-order chi connectivity index (χ0) is 26.7. The SMILES string of the molecule is COc1ccc2c(c1)C(=O)N(C[C@@]1(c3ccc(-c4ncnc5c4ncn5CC4CC4)cc3)NC(=O)NC1=O)C2. The average Bonchev–Trinajstić information content (AvgIpc) is 3.50. The zero-order valence-electron chi connectivity index (χ0n) is 21.2. The molecule has 7 rings (SSSR count). The number of benzene rings is 2. The van der Waals surface area contributed by atoms with Crippen LogP contribution in [-0.2, 0) is 23.4 Å². The van der Waals surface area contributed by atoms with Crippen LogP contribution in [0.4, 0.5) is 4.79 Å². The van der Waals surface area contributed by atoms with Crippen molar-refractivity contribution >= 4 is 29.0 Å². The molecule has 11 heteroatoms. The van der Waals surface area contributed by atoms with Crippen molar-refractivity contribution in [1.82, 2.24) is 35.1 Å². The number of rotatable bonds is 7. The van der Waals surface area contributed by atoms with Crippen LogP contribution in [-0.4, -0.2) is 55.9 Å². The van der Waals surface area contributed by atoms with Crippen molar-refractivity contribution in [3.8, 4) is 17.0 Å². The van der Waals surface area contributed by atoms with E-state index in [9.17, 15) is 14.4 Å². The third-order valence-electron chi connectivity index (χ3n) is 7.77. The number of methoxy groups -OCH3 is 1. The first-order valence-corrected chi connectivity index (χ1v) is 12.8. The molecule has 0 radical (unpaired) electrons. The van der Waals surface area contributed by atoms with Gasteiger partial charge in [-0.25, -0.2) is 19.7 Å². The summed E-state index contributed by atoms with van der Waals surface area (Å²) in [5, 5.41) is 5.13. The van der Waals surface area contributed by atoms with Gasteiger partial charge in [-0.2, -0.15) is 0 Å². The van der Waals surface area contributed by atoms with Crippen LogP contribution >= 0.6 is 0 Å². The largest absolute Gasteiger partial charge is 0.497 e. The van der Waals surface area contributed by atoms with E-state index in [1.165, 1.54) is 19.2 Å². The van der Waals surface area contributed by atoms with Crippen LogP contribution in [0.2, 0.25) is 0 Å². The number of amides is 4. The van der Waals surface area contributed by atoms with Crippen molar-refractivity contribution < 1.29 is 19.1 Å². The number of fused-ring (bicyclic) bond motifs is 2. The molecule has 1 saturated carbocycles. The van der Waals surface area contributed by atoms with Gasteiger partial charge in [-0.05, 0) is 42.0 Å². The molecule has 1 aliphatic carbocycles. The van der Waals surface area contributed by atoms with E-state index in [1.54, 1.807) is 36.3 Å². The highest BCUT2D eigenvalue weighted by atomic mass is 16.5. The van der Waals surface area contributed by atoms with E-state index in [0.29, 0.717) is 40.5 Å². The van der Waals surface area contributed by atoms with Crippen LogP contribution in [0.3, 0.4) is 0 Å². The number of imidazole rings is 1. The highest BCUT2D eigenvalue weighted by molar-refractivity contribution is 6.08. The second-order valence-electron chi connectivity index (χ2n) is 10.3. The highest BCUT2D eigenvalue weighted by Crippen LogP contribution is 2.35. The summed E-state index contributed by atoms with van der Waals surface area (Å²) in [5.41, 5.74) is 3.48. The predicted octanol–water partition coefficient (Wildman–Crippen LogP) is 2.60. The molecule has 1 atom stereocenters. The molecule has 39 heavy (non-hydrogen) atoms. The summed E-state index contributed by atoms with van der Waals surface area (Å²) in [6.45, 7) is 1.20. The quantitative estimate of drug-likeness (QED) is 0.356. The zero-order valence-corrected chi connectivity index (χ0v) is 21.2. The van der Waals surface area contributed by atoms with Crippen LogP contribution in [0.5, 0.6) is 5.75 Å². The topological polar surface area (TPSA) is 131 Å². The molecule has 196 valence electrons. The fraction of sp³-hybridized carbons (Fsp3) is 0.286. The van der Waals surface area contributed by atoms with E-state index < -0.39 is 17.5 Å². The Labute approximate surface area is 223 Å². The monoisotopic (exact) mass is 523 g/mol. The summed E-state index contributed by atoms with van der Waals surface area (Å²) in [6.07, 6.45) is 5.81. The second-order valence-corrected chi connectivity index (χ2v) is 10.3. The maximum absolute atomic E-state index is 13.3. The third-order valence-corrected chi connectivity index (χ3v) is 7.77. The molecular weight excluding hydrogens is 498 g/mol. The molecule has 2 aromatic carbocycles. The van der Waals surface area contributed by atoms with Gasteiger partial charge in [0.15, 0.2) is 11.2 Å². The first-order chi connectivity index (χ1) is 18.9. The molecule has 2 N–H and O–H groups in total. The summed E-state index contributed by atoms with van der Waals surface area (Å²) in [6, 6.07) is 12.0. The molecule has 4 aromatic rings. The Morgan fingerprint density at radius 2 is 1.87 bits per heavy atom. The van der Waals surface area contributed by atoms with E-state index in [2.05, 4.69) is 30.2 Å². The minimum Gasteiger partial charge on any atom is -0.497 e. The summed E-state index contributed by atoms with van der Waals surface area (Å²) in [4.78, 5) is 53.9. The van der Waals surface area contributed by atoms with Crippen molar-refractivity contribution in [2.24, 2.45) is 5.92 Å². The maximum Gasteiger partial charge on any atom is 0.322 e. The van der Waals surface area contributed by atoms with Gasteiger partial charge in [0.05, 0.1) is 20.0 Å². The number of nitrogens with one attached hydrogen (secondary N) is 2. The van der Waals surface area contributed by atoms with Gasteiger partial charge in [0, 0.05) is 24.2 Å². The summed E-state index contributed by atoms with van der Waals surface area (Å²) in [7, 11) is 1.54. The Morgan fingerprint density at radius 3 is 2.59 bits per heavy atom. The molecule has 2 aliphatic heterocycles. The van der Waals surface area contributed by atoms with Crippen LogP contribution in [0.1, 0.15) is 34.3 Å². The fourth-order valence-electron chi connectivity index (χ4n) is 5.50.